The summed E-state index contributed by atoms with van der Waals surface area (Å²) in [7, 11) is 0. The SMILES string of the molecule is CC(=O)O[C@H](C)[C@@]12C=C(C)[C@@H]3[C@@H](C)[C@H](O[C@H]4CC[C@@H](O)[C@@H](C)O4)C4=CC(=O)C=C(N1C(=O)[C@](C)(O)C2=O)[C@@]43O. The highest BCUT2D eigenvalue weighted by molar-refractivity contribution is 6.22. The minimum atomic E-state index is -2.51. The number of hydrogen-bond acceptors (Lipinski definition) is 10. The molecular weight excluding hydrogens is 510 g/mol. The van der Waals surface area contributed by atoms with Gasteiger partial charge in [-0.15, -0.1) is 0 Å². The fourth-order valence-electron chi connectivity index (χ4n) is 7.23. The van der Waals surface area contributed by atoms with Gasteiger partial charge in [-0.2, -0.15) is 0 Å². The molecule has 2 saturated heterocycles. The third kappa shape index (κ3) is 3.67. The van der Waals surface area contributed by atoms with Gasteiger partial charge in [0.2, 0.25) is 11.4 Å². The van der Waals surface area contributed by atoms with Gasteiger partial charge in [-0.3, -0.25) is 24.1 Å². The Kier molecular flexibility index (Phi) is 6.36. The van der Waals surface area contributed by atoms with Crippen LogP contribution in [0.25, 0.3) is 0 Å². The molecule has 5 rings (SSSR count). The van der Waals surface area contributed by atoms with E-state index in [4.69, 9.17) is 14.2 Å². The van der Waals surface area contributed by atoms with Crippen molar-refractivity contribution in [3.63, 3.8) is 0 Å². The quantitative estimate of drug-likeness (QED) is 0.257. The Morgan fingerprint density at radius 2 is 1.85 bits per heavy atom. The Hall–Kier alpha value is -2.70. The molecule has 1 saturated carbocycles. The highest BCUT2D eigenvalue weighted by Gasteiger charge is 2.73. The van der Waals surface area contributed by atoms with Crippen LogP contribution in [0.15, 0.2) is 35.1 Å². The van der Waals surface area contributed by atoms with Crippen LogP contribution in [-0.2, 0) is 33.4 Å². The number of aliphatic hydroxyl groups excluding tert-OH is 1. The third-order valence-corrected chi connectivity index (χ3v) is 9.01. The summed E-state index contributed by atoms with van der Waals surface area (Å²) in [6.07, 6.45) is 0.861. The molecule has 0 radical (unpaired) electrons. The second-order valence-corrected chi connectivity index (χ2v) is 11.6. The molecule has 3 N–H and O–H groups in total. The van der Waals surface area contributed by atoms with E-state index in [1.54, 1.807) is 13.8 Å². The number of hydrogen-bond donors (Lipinski definition) is 3. The minimum Gasteiger partial charge on any atom is -0.459 e. The number of fused-ring (bicyclic) bond motifs is 2. The van der Waals surface area contributed by atoms with Crippen LogP contribution in [0.1, 0.15) is 54.4 Å². The van der Waals surface area contributed by atoms with Crippen molar-refractivity contribution in [3.05, 3.63) is 35.1 Å². The molecule has 2 aliphatic carbocycles. The smallest absolute Gasteiger partial charge is 0.303 e. The van der Waals surface area contributed by atoms with Gasteiger partial charge >= 0.3 is 5.97 Å². The van der Waals surface area contributed by atoms with Crippen molar-refractivity contribution < 1.29 is 48.7 Å². The van der Waals surface area contributed by atoms with Crippen LogP contribution in [0.2, 0.25) is 0 Å². The van der Waals surface area contributed by atoms with Gasteiger partial charge in [-0.1, -0.05) is 12.5 Å². The van der Waals surface area contributed by atoms with E-state index >= 15 is 0 Å². The van der Waals surface area contributed by atoms with Gasteiger partial charge in [0, 0.05) is 30.9 Å². The standard InChI is InChI=1S/C28H35NO10/c1-12-11-27(15(4)38-16(5)30)24(33)26(6,35)25(34)29(27)20-10-17(31)9-18-23(13(2)22(12)28(18,20)36)39-21-8-7-19(32)14(3)37-21/h9-11,13-15,19,21-23,32,35-36H,7-8H2,1-6H3/t13-,14-,15-,19-,21+,22-,23+,26-,27-,28+/m1/s1. The van der Waals surface area contributed by atoms with Crippen molar-refractivity contribution in [2.75, 3.05) is 0 Å². The highest BCUT2D eigenvalue weighted by atomic mass is 16.7. The molecule has 11 nitrogen and oxygen atoms in total. The molecule has 0 aromatic heterocycles. The third-order valence-electron chi connectivity index (χ3n) is 9.01. The second kappa shape index (κ2) is 8.90. The topological polar surface area (TPSA) is 160 Å². The van der Waals surface area contributed by atoms with Gasteiger partial charge in [0.25, 0.3) is 5.91 Å². The van der Waals surface area contributed by atoms with Gasteiger partial charge in [0.15, 0.2) is 17.6 Å². The summed E-state index contributed by atoms with van der Waals surface area (Å²) in [5, 5.41) is 33.7. The van der Waals surface area contributed by atoms with Crippen LogP contribution in [0.3, 0.4) is 0 Å². The fraction of sp³-hybridized carbons (Fsp3) is 0.643. The average Bonchev–Trinajstić information content (AvgIpc) is 3.09. The molecule has 5 aliphatic rings. The van der Waals surface area contributed by atoms with Crippen LogP contribution in [0.4, 0.5) is 0 Å². The normalized spacial score (nSPS) is 44.2. The Labute approximate surface area is 226 Å². The molecule has 212 valence electrons. The van der Waals surface area contributed by atoms with Crippen molar-refractivity contribution in [3.8, 4) is 0 Å². The van der Waals surface area contributed by atoms with E-state index in [1.165, 1.54) is 19.1 Å². The molecule has 0 aromatic carbocycles. The van der Waals surface area contributed by atoms with Crippen LogP contribution in [-0.4, -0.2) is 91.1 Å². The van der Waals surface area contributed by atoms with Crippen LogP contribution < -0.4 is 0 Å². The fourth-order valence-corrected chi connectivity index (χ4v) is 7.23. The molecule has 11 heteroatoms. The number of rotatable bonds is 4. The predicted octanol–water partition coefficient (Wildman–Crippen LogP) is 0.460. The van der Waals surface area contributed by atoms with Gasteiger partial charge in [-0.05, 0) is 52.2 Å². The predicted molar refractivity (Wildman–Crippen MR) is 133 cm³/mol. The monoisotopic (exact) mass is 545 g/mol. The van der Waals surface area contributed by atoms with Crippen LogP contribution in [0, 0.1) is 11.8 Å². The lowest BCUT2D eigenvalue weighted by atomic mass is 9.75. The molecule has 3 aliphatic heterocycles. The van der Waals surface area contributed by atoms with Crippen molar-refractivity contribution >= 4 is 23.4 Å². The first-order valence-corrected chi connectivity index (χ1v) is 13.3. The highest BCUT2D eigenvalue weighted by Crippen LogP contribution is 2.59. The summed E-state index contributed by atoms with van der Waals surface area (Å²) >= 11 is 0. The van der Waals surface area contributed by atoms with Crippen molar-refractivity contribution in [1.82, 2.24) is 4.90 Å². The number of carbonyl (C=O) groups excluding carboxylic acids is 4. The van der Waals surface area contributed by atoms with E-state index in [0.29, 0.717) is 18.4 Å². The van der Waals surface area contributed by atoms with Crippen molar-refractivity contribution in [1.29, 1.82) is 0 Å². The number of nitrogens with zero attached hydrogens (tertiary/aromatic N) is 1. The summed E-state index contributed by atoms with van der Waals surface area (Å²) in [5.41, 5.74) is -5.93. The summed E-state index contributed by atoms with van der Waals surface area (Å²) in [6, 6.07) is 0. The van der Waals surface area contributed by atoms with Crippen LogP contribution >= 0.6 is 0 Å². The molecule has 0 spiro atoms. The van der Waals surface area contributed by atoms with Gasteiger partial charge in [0.1, 0.15) is 11.7 Å². The van der Waals surface area contributed by atoms with Gasteiger partial charge in [-0.25, -0.2) is 0 Å². The number of aliphatic hydroxyl groups is 3. The second-order valence-electron chi connectivity index (χ2n) is 11.6. The molecule has 10 atom stereocenters. The van der Waals surface area contributed by atoms with E-state index in [1.807, 2.05) is 6.92 Å². The molecule has 0 aromatic rings. The lowest BCUT2D eigenvalue weighted by Crippen LogP contribution is -2.59. The average molecular weight is 546 g/mol. The van der Waals surface area contributed by atoms with E-state index in [-0.39, 0.29) is 11.3 Å². The van der Waals surface area contributed by atoms with Crippen LogP contribution in [0.5, 0.6) is 0 Å². The first kappa shape index (κ1) is 27.9. The Balaban J connectivity index is 1.68. The summed E-state index contributed by atoms with van der Waals surface area (Å²) in [6.45, 7) is 8.92. The van der Waals surface area contributed by atoms with Gasteiger partial charge < -0.3 is 29.5 Å². The Bertz CT molecular complexity index is 1250. The van der Waals surface area contributed by atoms with Crippen molar-refractivity contribution in [2.45, 2.75) is 102 Å². The zero-order chi connectivity index (χ0) is 28.8. The number of carbonyl (C=O) groups is 4. The molecule has 3 heterocycles. The molecule has 39 heavy (non-hydrogen) atoms. The van der Waals surface area contributed by atoms with Gasteiger partial charge in [0.05, 0.1) is 24.0 Å². The first-order chi connectivity index (χ1) is 18.1. The summed E-state index contributed by atoms with van der Waals surface area (Å²) < 4.78 is 17.6. The zero-order valence-electron chi connectivity index (χ0n) is 22.8. The van der Waals surface area contributed by atoms with E-state index in [0.717, 1.165) is 24.8 Å². The number of esters is 1. The maximum atomic E-state index is 13.8. The number of Topliss-reactive ketones (excluding diaryl/α,β-unsaturated/α-hetero) is 1. The minimum absolute atomic E-state index is 0.176. The molecule has 1 amide bonds. The first-order valence-electron chi connectivity index (χ1n) is 13.3. The van der Waals surface area contributed by atoms with E-state index in [9.17, 15) is 34.5 Å². The largest absolute Gasteiger partial charge is 0.459 e. The molecule has 0 bridgehead atoms. The number of allylic oxidation sites excluding steroid dienone is 2. The number of ketones is 2. The summed E-state index contributed by atoms with van der Waals surface area (Å²) in [4.78, 5) is 53.6. The Morgan fingerprint density at radius 3 is 2.46 bits per heavy atom. The number of ether oxygens (including phenoxy) is 3. The van der Waals surface area contributed by atoms with E-state index in [2.05, 4.69) is 0 Å². The molecule has 0 unspecified atom stereocenters. The maximum Gasteiger partial charge on any atom is 0.303 e. The van der Waals surface area contributed by atoms with E-state index < -0.39 is 82.7 Å². The number of amides is 1. The lowest BCUT2D eigenvalue weighted by molar-refractivity contribution is -0.233. The molecular formula is C28H35NO10. The Morgan fingerprint density at radius 1 is 1.18 bits per heavy atom. The maximum absolute atomic E-state index is 13.8. The molecule has 3 fully saturated rings. The zero-order valence-corrected chi connectivity index (χ0v) is 22.8. The summed E-state index contributed by atoms with van der Waals surface area (Å²) in [5.74, 6) is -4.41. The lowest BCUT2D eigenvalue weighted by Gasteiger charge is -2.43. The van der Waals surface area contributed by atoms with Crippen molar-refractivity contribution in [2.24, 2.45) is 11.8 Å².